The summed E-state index contributed by atoms with van der Waals surface area (Å²) in [5.41, 5.74) is 0.378. The average molecular weight is 541 g/mol. The Morgan fingerprint density at radius 2 is 1.82 bits per heavy atom. The number of aliphatic hydroxyl groups is 3. The predicted octanol–water partition coefficient (Wildman–Crippen LogP) is 1.38. The zero-order valence-electron chi connectivity index (χ0n) is 21.1. The van der Waals surface area contributed by atoms with Crippen LogP contribution in [0.25, 0.3) is 17.0 Å². The number of Topliss-reactive ketones (excluding diaryl/α,β-unsaturated/α-hetero) is 1. The number of phenols is 1. The van der Waals surface area contributed by atoms with Crippen molar-refractivity contribution in [1.29, 1.82) is 0 Å². The van der Waals surface area contributed by atoms with Crippen LogP contribution >= 0.6 is 0 Å². The first-order valence-electron chi connectivity index (χ1n) is 12.1. The van der Waals surface area contributed by atoms with Gasteiger partial charge >= 0.3 is 5.97 Å². The number of ketones is 1. The molecule has 5 unspecified atom stereocenters. The number of aromatic hydroxyl groups is 1. The predicted molar refractivity (Wildman–Crippen MR) is 137 cm³/mol. The van der Waals surface area contributed by atoms with E-state index in [4.69, 9.17) is 18.6 Å². The summed E-state index contributed by atoms with van der Waals surface area (Å²) in [4.78, 5) is 37.1. The lowest BCUT2D eigenvalue weighted by Crippen LogP contribution is -2.61. The number of benzene rings is 2. The summed E-state index contributed by atoms with van der Waals surface area (Å²) in [5.74, 6) is -2.00. The monoisotopic (exact) mass is 540 g/mol. The van der Waals surface area contributed by atoms with Gasteiger partial charge in [0.15, 0.2) is 22.9 Å². The number of carbonyl (C=O) groups is 2. The van der Waals surface area contributed by atoms with Crippen molar-refractivity contribution in [3.8, 4) is 11.5 Å². The van der Waals surface area contributed by atoms with Crippen LogP contribution in [0, 0.1) is 6.92 Å². The van der Waals surface area contributed by atoms with Crippen LogP contribution < -0.4 is 10.2 Å². The first kappa shape index (κ1) is 28.0. The van der Waals surface area contributed by atoms with Gasteiger partial charge in [0.1, 0.15) is 29.9 Å². The highest BCUT2D eigenvalue weighted by Gasteiger charge is 2.48. The second kappa shape index (κ2) is 11.8. The maximum absolute atomic E-state index is 12.8. The van der Waals surface area contributed by atoms with Gasteiger partial charge in [-0.15, -0.1) is 0 Å². The van der Waals surface area contributed by atoms with E-state index in [0.717, 1.165) is 6.08 Å². The van der Waals surface area contributed by atoms with Crippen LogP contribution in [0.5, 0.6) is 11.5 Å². The van der Waals surface area contributed by atoms with Crippen LogP contribution in [-0.2, 0) is 25.5 Å². The van der Waals surface area contributed by atoms with Crippen LogP contribution in [0.4, 0.5) is 0 Å². The SMILES string of the molecule is CC(=O)Cc1cc(=O)c2c(C)cc(O)c(OC3OC(CO)C(O)C(O)C3OC(=O)C=Cc3ccccc3)c2o1. The molecule has 0 bridgehead atoms. The number of ether oxygens (including phenoxy) is 3. The lowest BCUT2D eigenvalue weighted by molar-refractivity contribution is -0.281. The fourth-order valence-corrected chi connectivity index (χ4v) is 4.28. The zero-order valence-corrected chi connectivity index (χ0v) is 21.1. The number of carbonyl (C=O) groups excluding carboxylic acids is 2. The minimum atomic E-state index is -1.76. The Labute approximate surface area is 222 Å². The quantitative estimate of drug-likeness (QED) is 0.240. The molecule has 1 aromatic heterocycles. The number of fused-ring (bicyclic) bond motifs is 1. The Morgan fingerprint density at radius 1 is 1.10 bits per heavy atom. The molecule has 3 aromatic rings. The molecule has 11 nitrogen and oxygen atoms in total. The minimum absolute atomic E-state index is 0.0251. The van der Waals surface area contributed by atoms with E-state index in [-0.39, 0.29) is 34.7 Å². The summed E-state index contributed by atoms with van der Waals surface area (Å²) in [6.45, 7) is 2.17. The maximum atomic E-state index is 12.8. The molecule has 0 saturated carbocycles. The van der Waals surface area contributed by atoms with Crippen molar-refractivity contribution in [2.75, 3.05) is 6.61 Å². The van der Waals surface area contributed by atoms with Gasteiger partial charge < -0.3 is 39.1 Å². The second-order valence-corrected chi connectivity index (χ2v) is 9.17. The molecule has 2 heterocycles. The number of hydrogen-bond acceptors (Lipinski definition) is 11. The Balaban J connectivity index is 1.71. The van der Waals surface area contributed by atoms with Crippen LogP contribution in [0.3, 0.4) is 0 Å². The Kier molecular flexibility index (Phi) is 8.46. The fraction of sp³-hybridized carbons (Fsp3) is 0.321. The molecule has 1 aliphatic rings. The first-order valence-corrected chi connectivity index (χ1v) is 12.1. The number of rotatable bonds is 8. The van der Waals surface area contributed by atoms with Crippen molar-refractivity contribution in [1.82, 2.24) is 0 Å². The molecule has 1 fully saturated rings. The topological polar surface area (TPSA) is 173 Å². The van der Waals surface area contributed by atoms with E-state index in [1.54, 1.807) is 31.2 Å². The van der Waals surface area contributed by atoms with Crippen LogP contribution in [-0.4, -0.2) is 69.5 Å². The third-order valence-electron chi connectivity index (χ3n) is 6.13. The highest BCUT2D eigenvalue weighted by atomic mass is 16.7. The fourth-order valence-electron chi connectivity index (χ4n) is 4.28. The van der Waals surface area contributed by atoms with Gasteiger partial charge in [-0.3, -0.25) is 9.59 Å². The van der Waals surface area contributed by atoms with E-state index in [1.165, 1.54) is 25.1 Å². The molecule has 4 rings (SSSR count). The Morgan fingerprint density at radius 3 is 2.49 bits per heavy atom. The van der Waals surface area contributed by atoms with Crippen molar-refractivity contribution in [2.24, 2.45) is 0 Å². The lowest BCUT2D eigenvalue weighted by atomic mass is 9.99. The normalized spacial score (nSPS) is 23.2. The third-order valence-corrected chi connectivity index (χ3v) is 6.13. The van der Waals surface area contributed by atoms with E-state index in [2.05, 4.69) is 0 Å². The molecule has 4 N–H and O–H groups in total. The molecule has 0 amide bonds. The number of aryl methyl sites for hydroxylation is 1. The molecule has 0 spiro atoms. The van der Waals surface area contributed by atoms with E-state index < -0.39 is 54.5 Å². The molecule has 2 aromatic carbocycles. The summed E-state index contributed by atoms with van der Waals surface area (Å²) in [7, 11) is 0. The summed E-state index contributed by atoms with van der Waals surface area (Å²) in [6.07, 6.45) is -5.62. The van der Waals surface area contributed by atoms with Gasteiger partial charge in [-0.25, -0.2) is 4.79 Å². The molecular formula is C28H28O11. The van der Waals surface area contributed by atoms with E-state index >= 15 is 0 Å². The van der Waals surface area contributed by atoms with Gasteiger partial charge in [-0.1, -0.05) is 30.3 Å². The molecule has 0 radical (unpaired) electrons. The zero-order chi connectivity index (χ0) is 28.3. The van der Waals surface area contributed by atoms with Crippen LogP contribution in [0.2, 0.25) is 0 Å². The van der Waals surface area contributed by atoms with Crippen LogP contribution in [0.1, 0.15) is 23.8 Å². The molecular weight excluding hydrogens is 512 g/mol. The number of esters is 1. The second-order valence-electron chi connectivity index (χ2n) is 9.17. The molecule has 39 heavy (non-hydrogen) atoms. The van der Waals surface area contributed by atoms with Crippen molar-refractivity contribution < 1.29 is 48.6 Å². The average Bonchev–Trinajstić information content (AvgIpc) is 2.88. The van der Waals surface area contributed by atoms with Crippen molar-refractivity contribution in [2.45, 2.75) is 51.0 Å². The van der Waals surface area contributed by atoms with Gasteiger partial charge in [-0.2, -0.15) is 0 Å². The third kappa shape index (κ3) is 6.18. The number of aliphatic hydroxyl groups excluding tert-OH is 3. The summed E-state index contributed by atoms with van der Waals surface area (Å²) in [5, 5.41) is 41.6. The molecule has 11 heteroatoms. The van der Waals surface area contributed by atoms with Crippen molar-refractivity contribution >= 4 is 28.8 Å². The highest BCUT2D eigenvalue weighted by Crippen LogP contribution is 2.39. The molecule has 1 saturated heterocycles. The van der Waals surface area contributed by atoms with Gasteiger partial charge in [-0.05, 0) is 37.1 Å². The maximum Gasteiger partial charge on any atom is 0.331 e. The van der Waals surface area contributed by atoms with Gasteiger partial charge in [0.05, 0.1) is 18.4 Å². The minimum Gasteiger partial charge on any atom is -0.504 e. The first-order chi connectivity index (χ1) is 18.6. The highest BCUT2D eigenvalue weighted by molar-refractivity contribution is 5.89. The molecule has 1 aliphatic heterocycles. The van der Waals surface area contributed by atoms with Crippen LogP contribution in [0.15, 0.2) is 57.8 Å². The van der Waals surface area contributed by atoms with Gasteiger partial charge in [0, 0.05) is 12.1 Å². The lowest BCUT2D eigenvalue weighted by Gasteiger charge is -2.41. The van der Waals surface area contributed by atoms with E-state index in [0.29, 0.717) is 11.1 Å². The van der Waals surface area contributed by atoms with Crippen molar-refractivity contribution in [3.05, 3.63) is 75.7 Å². The summed E-state index contributed by atoms with van der Waals surface area (Å²) < 4.78 is 22.5. The number of phenolic OH excluding ortho intramolecular Hbond substituents is 1. The van der Waals surface area contributed by atoms with Crippen molar-refractivity contribution in [3.63, 3.8) is 0 Å². The van der Waals surface area contributed by atoms with E-state index in [9.17, 15) is 34.8 Å². The van der Waals surface area contributed by atoms with E-state index in [1.807, 2.05) is 6.07 Å². The summed E-state index contributed by atoms with van der Waals surface area (Å²) in [6, 6.07) is 11.3. The summed E-state index contributed by atoms with van der Waals surface area (Å²) >= 11 is 0. The standard InChI is InChI=1S/C28H28O11/c1-14-10-19(32)25(26-22(14)18(31)12-17(36-26)11-15(2)30)39-28-27(24(35)23(34)20(13-29)37-28)38-21(33)9-8-16-6-4-3-5-7-16/h3-10,12,20,23-24,27-29,32,34-35H,11,13H2,1-2H3. The van der Waals surface area contributed by atoms with Gasteiger partial charge in [0.2, 0.25) is 12.0 Å². The molecule has 0 aliphatic carbocycles. The Bertz CT molecular complexity index is 1440. The number of hydrogen-bond donors (Lipinski definition) is 4. The largest absolute Gasteiger partial charge is 0.504 e. The molecule has 5 atom stereocenters. The Hall–Kier alpha value is -4.03. The smallest absolute Gasteiger partial charge is 0.331 e. The van der Waals surface area contributed by atoms with Gasteiger partial charge in [0.25, 0.3) is 0 Å². The molecule has 206 valence electrons.